The molecule has 0 aliphatic carbocycles. The summed E-state index contributed by atoms with van der Waals surface area (Å²) >= 11 is 11.9. The highest BCUT2D eigenvalue weighted by molar-refractivity contribution is 7.92. The van der Waals surface area contributed by atoms with Crippen LogP contribution in [0.15, 0.2) is 60.7 Å². The first kappa shape index (κ1) is 24.5. The predicted molar refractivity (Wildman–Crippen MR) is 136 cm³/mol. The second-order valence-corrected chi connectivity index (χ2v) is 9.97. The number of ether oxygens (including phenoxy) is 2. The van der Waals surface area contributed by atoms with Crippen molar-refractivity contribution in [1.29, 1.82) is 5.26 Å². The van der Waals surface area contributed by atoms with Crippen LogP contribution in [0.3, 0.4) is 0 Å². The molecule has 3 aromatic carbocycles. The van der Waals surface area contributed by atoms with Gasteiger partial charge in [-0.25, -0.2) is 8.42 Å². The maximum atomic E-state index is 11.4. The number of hydrogen-bond acceptors (Lipinski definition) is 7. The summed E-state index contributed by atoms with van der Waals surface area (Å²) in [5, 5.41) is 18.5. The van der Waals surface area contributed by atoms with Crippen LogP contribution in [-0.4, -0.2) is 37.4 Å². The first-order chi connectivity index (χ1) is 16.8. The largest absolute Gasteiger partial charge is 0.489 e. The van der Waals surface area contributed by atoms with E-state index >= 15 is 0 Å². The van der Waals surface area contributed by atoms with Crippen LogP contribution in [0.1, 0.15) is 5.56 Å². The molecule has 0 radical (unpaired) electrons. The molecule has 4 rings (SSSR count). The van der Waals surface area contributed by atoms with E-state index in [0.29, 0.717) is 17.0 Å². The number of rotatable bonds is 8. The second-order valence-electron chi connectivity index (χ2n) is 7.43. The molecule has 1 N–H and O–H groups in total. The maximum absolute atomic E-state index is 11.4. The molecule has 0 atom stereocenters. The fraction of sp³-hybridized carbons (Fsp3) is 0.125. The lowest BCUT2D eigenvalue weighted by Crippen LogP contribution is -2.11. The third kappa shape index (κ3) is 6.11. The molecule has 0 aliphatic rings. The molecule has 178 valence electrons. The molecule has 1 heterocycles. The Kier molecular flexibility index (Phi) is 7.26. The Hall–Kier alpha value is -3.58. The van der Waals surface area contributed by atoms with E-state index in [-0.39, 0.29) is 34.6 Å². The Labute approximate surface area is 212 Å². The number of anilines is 1. The van der Waals surface area contributed by atoms with E-state index in [1.54, 1.807) is 30.3 Å². The fourth-order valence-electron chi connectivity index (χ4n) is 3.30. The van der Waals surface area contributed by atoms with Crippen LogP contribution in [-0.2, 0) is 10.0 Å². The number of nitrogens with zero attached hydrogens (tertiary/aromatic N) is 3. The van der Waals surface area contributed by atoms with E-state index in [2.05, 4.69) is 21.0 Å². The standard InChI is InChI=1S/C24H18Cl2N4O4S/c1-35(31,32)30-23-12-17-3-2-16(11-22(17)28-29-23)15-4-6-19(7-5-15)34-20-10-18(14-27)24(21(26)13-20)33-9-8-25/h2-7,10-13H,8-9H2,1H3,(H,29,30). The number of benzene rings is 3. The van der Waals surface area contributed by atoms with E-state index in [9.17, 15) is 13.7 Å². The molecular formula is C24H18Cl2N4O4S. The zero-order valence-electron chi connectivity index (χ0n) is 18.3. The van der Waals surface area contributed by atoms with Crippen molar-refractivity contribution in [1.82, 2.24) is 10.2 Å². The van der Waals surface area contributed by atoms with E-state index in [4.69, 9.17) is 32.7 Å². The first-order valence-electron chi connectivity index (χ1n) is 10.2. The summed E-state index contributed by atoms with van der Waals surface area (Å²) in [5.74, 6) is 1.66. The predicted octanol–water partition coefficient (Wildman–Crippen LogP) is 5.60. The van der Waals surface area contributed by atoms with Gasteiger partial charge in [0.1, 0.15) is 24.2 Å². The van der Waals surface area contributed by atoms with Gasteiger partial charge in [-0.3, -0.25) is 4.72 Å². The van der Waals surface area contributed by atoms with E-state index in [1.807, 2.05) is 30.3 Å². The quantitative estimate of drug-likeness (QED) is 0.296. The lowest BCUT2D eigenvalue weighted by molar-refractivity contribution is 0.341. The van der Waals surface area contributed by atoms with Gasteiger partial charge in [0.2, 0.25) is 10.0 Å². The minimum absolute atomic E-state index is 0.160. The van der Waals surface area contributed by atoms with Crippen molar-refractivity contribution in [2.75, 3.05) is 23.5 Å². The molecule has 1 aromatic heterocycles. The molecule has 0 bridgehead atoms. The third-order valence-electron chi connectivity index (χ3n) is 4.76. The minimum Gasteiger partial charge on any atom is -0.489 e. The van der Waals surface area contributed by atoms with E-state index in [1.165, 1.54) is 0 Å². The summed E-state index contributed by atoms with van der Waals surface area (Å²) in [7, 11) is -3.43. The van der Waals surface area contributed by atoms with Crippen molar-refractivity contribution >= 4 is 49.9 Å². The van der Waals surface area contributed by atoms with Crippen molar-refractivity contribution in [2.45, 2.75) is 0 Å². The average Bonchev–Trinajstić information content (AvgIpc) is 2.82. The molecule has 4 aromatic rings. The van der Waals surface area contributed by atoms with Crippen LogP contribution in [0.4, 0.5) is 5.82 Å². The Morgan fingerprint density at radius 2 is 1.74 bits per heavy atom. The lowest BCUT2D eigenvalue weighted by atomic mass is 10.0. The van der Waals surface area contributed by atoms with Crippen LogP contribution in [0, 0.1) is 11.3 Å². The molecule has 0 saturated heterocycles. The highest BCUT2D eigenvalue weighted by atomic mass is 35.5. The molecular weight excluding hydrogens is 511 g/mol. The minimum atomic E-state index is -3.43. The summed E-state index contributed by atoms with van der Waals surface area (Å²) in [4.78, 5) is 0. The van der Waals surface area contributed by atoms with Gasteiger partial charge in [0.15, 0.2) is 11.6 Å². The topological polar surface area (TPSA) is 114 Å². The van der Waals surface area contributed by atoms with Gasteiger partial charge in [0.25, 0.3) is 0 Å². The van der Waals surface area contributed by atoms with Gasteiger partial charge in [0, 0.05) is 17.5 Å². The summed E-state index contributed by atoms with van der Waals surface area (Å²) in [5.41, 5.74) is 2.69. The van der Waals surface area contributed by atoms with Crippen molar-refractivity contribution in [2.24, 2.45) is 0 Å². The average molecular weight is 529 g/mol. The summed E-state index contributed by atoms with van der Waals surface area (Å²) in [6, 6.07) is 19.8. The number of fused-ring (bicyclic) bond motifs is 1. The number of halogens is 2. The van der Waals surface area contributed by atoms with Gasteiger partial charge in [0.05, 0.1) is 28.2 Å². The number of hydrogen-bond donors (Lipinski definition) is 1. The summed E-state index contributed by atoms with van der Waals surface area (Å²) in [6.45, 7) is 0.233. The van der Waals surface area contributed by atoms with Gasteiger partial charge in [-0.1, -0.05) is 35.9 Å². The van der Waals surface area contributed by atoms with E-state index in [0.717, 1.165) is 22.8 Å². The Bertz CT molecular complexity index is 1540. The molecule has 0 amide bonds. The van der Waals surface area contributed by atoms with E-state index < -0.39 is 10.0 Å². The van der Waals surface area contributed by atoms with Gasteiger partial charge in [-0.2, -0.15) is 5.26 Å². The van der Waals surface area contributed by atoms with Crippen molar-refractivity contribution in [3.05, 3.63) is 71.2 Å². The monoisotopic (exact) mass is 528 g/mol. The fourth-order valence-corrected chi connectivity index (χ4v) is 4.13. The van der Waals surface area contributed by atoms with Gasteiger partial charge < -0.3 is 9.47 Å². The molecule has 0 fully saturated rings. The molecule has 11 heteroatoms. The lowest BCUT2D eigenvalue weighted by Gasteiger charge is -2.12. The Balaban J connectivity index is 1.53. The Morgan fingerprint density at radius 3 is 2.43 bits per heavy atom. The molecule has 8 nitrogen and oxygen atoms in total. The number of aromatic nitrogens is 2. The maximum Gasteiger partial charge on any atom is 0.231 e. The van der Waals surface area contributed by atoms with Gasteiger partial charge in [-0.05, 0) is 35.4 Å². The third-order valence-corrected chi connectivity index (χ3v) is 5.78. The first-order valence-corrected chi connectivity index (χ1v) is 13.0. The van der Waals surface area contributed by atoms with Crippen LogP contribution < -0.4 is 14.2 Å². The highest BCUT2D eigenvalue weighted by Gasteiger charge is 2.13. The number of nitrogens with one attached hydrogen (secondary N) is 1. The smallest absolute Gasteiger partial charge is 0.231 e. The Morgan fingerprint density at radius 1 is 1.00 bits per heavy atom. The SMILES string of the molecule is CS(=O)(=O)Nc1cc2ccc(-c3ccc(Oc4cc(Cl)c(OCCCl)c(C#N)c4)cc3)cc2nn1. The highest BCUT2D eigenvalue weighted by Crippen LogP contribution is 2.35. The van der Waals surface area contributed by atoms with Crippen LogP contribution in [0.5, 0.6) is 17.2 Å². The van der Waals surface area contributed by atoms with Crippen LogP contribution >= 0.6 is 23.2 Å². The molecule has 35 heavy (non-hydrogen) atoms. The summed E-state index contributed by atoms with van der Waals surface area (Å²) < 4.78 is 36.4. The second kappa shape index (κ2) is 10.4. The number of alkyl halides is 1. The zero-order chi connectivity index (χ0) is 25.0. The van der Waals surface area contributed by atoms with Crippen molar-refractivity contribution in [3.63, 3.8) is 0 Å². The molecule has 0 saturated carbocycles. The van der Waals surface area contributed by atoms with Crippen molar-refractivity contribution < 1.29 is 17.9 Å². The summed E-state index contributed by atoms with van der Waals surface area (Å²) in [6.07, 6.45) is 1.05. The zero-order valence-corrected chi connectivity index (χ0v) is 20.7. The normalized spacial score (nSPS) is 11.1. The molecule has 0 aliphatic heterocycles. The number of nitriles is 1. The van der Waals surface area contributed by atoms with Crippen LogP contribution in [0.2, 0.25) is 5.02 Å². The molecule has 0 unspecified atom stereocenters. The van der Waals surface area contributed by atoms with Crippen LogP contribution in [0.25, 0.3) is 22.0 Å². The van der Waals surface area contributed by atoms with Gasteiger partial charge >= 0.3 is 0 Å². The van der Waals surface area contributed by atoms with Gasteiger partial charge in [-0.15, -0.1) is 21.8 Å². The van der Waals surface area contributed by atoms with Crippen molar-refractivity contribution in [3.8, 4) is 34.4 Å². The molecule has 0 spiro atoms. The number of sulfonamides is 1.